The summed E-state index contributed by atoms with van der Waals surface area (Å²) in [4.78, 5) is 35.9. The molecule has 2 aliphatic rings. The maximum atomic E-state index is 13.6. The normalized spacial score (nSPS) is 22.3. The first-order chi connectivity index (χ1) is 15.6. The van der Waals surface area contributed by atoms with Gasteiger partial charge in [0.15, 0.2) is 0 Å². The Balaban J connectivity index is 1.51. The Morgan fingerprint density at radius 3 is 2.27 bits per heavy atom. The lowest BCUT2D eigenvalue weighted by atomic mass is 9.68. The second kappa shape index (κ2) is 7.70. The van der Waals surface area contributed by atoms with Crippen molar-refractivity contribution in [2.24, 2.45) is 5.41 Å². The number of fused-ring (bicyclic) bond motifs is 6. The molecular formula is C23H18Cl4N4O2. The summed E-state index contributed by atoms with van der Waals surface area (Å²) in [5, 5.41) is 1.36. The van der Waals surface area contributed by atoms with Gasteiger partial charge in [-0.25, -0.2) is 9.97 Å². The van der Waals surface area contributed by atoms with Crippen molar-refractivity contribution in [3.63, 3.8) is 0 Å². The number of hydrogen-bond acceptors (Lipinski definition) is 4. The van der Waals surface area contributed by atoms with E-state index in [1.807, 2.05) is 13.8 Å². The summed E-state index contributed by atoms with van der Waals surface area (Å²) in [5.41, 5.74) is 6.47. The summed E-state index contributed by atoms with van der Waals surface area (Å²) in [6.07, 6.45) is 1.37. The molecule has 0 radical (unpaired) electrons. The fraction of sp³-hybridized carbons (Fsp3) is 0.304. The summed E-state index contributed by atoms with van der Waals surface area (Å²) in [6, 6.07) is 7.86. The smallest absolute Gasteiger partial charge is 0.271 e. The molecule has 10 heteroatoms. The number of hydrazine groups is 1. The molecule has 2 aliphatic carbocycles. The molecule has 0 saturated heterocycles. The number of aromatic nitrogens is 2. The van der Waals surface area contributed by atoms with Gasteiger partial charge in [-0.2, -0.15) is 0 Å². The van der Waals surface area contributed by atoms with Gasteiger partial charge < -0.3 is 0 Å². The molecule has 2 bridgehead atoms. The minimum absolute atomic E-state index is 0.0472. The number of halogens is 4. The molecule has 2 N–H and O–H groups in total. The van der Waals surface area contributed by atoms with Crippen molar-refractivity contribution in [2.45, 2.75) is 38.0 Å². The van der Waals surface area contributed by atoms with Crippen LogP contribution in [0.3, 0.4) is 0 Å². The van der Waals surface area contributed by atoms with Gasteiger partial charge >= 0.3 is 0 Å². The van der Waals surface area contributed by atoms with E-state index in [9.17, 15) is 9.59 Å². The molecule has 1 fully saturated rings. The number of benzene rings is 2. The molecule has 170 valence electrons. The van der Waals surface area contributed by atoms with Gasteiger partial charge in [-0.1, -0.05) is 60.3 Å². The van der Waals surface area contributed by atoms with Crippen LogP contribution in [-0.4, -0.2) is 21.8 Å². The molecule has 2 amide bonds. The maximum absolute atomic E-state index is 13.6. The third-order valence-electron chi connectivity index (χ3n) is 7.10. The van der Waals surface area contributed by atoms with Crippen molar-refractivity contribution in [2.75, 3.05) is 0 Å². The van der Waals surface area contributed by atoms with E-state index in [0.717, 1.165) is 12.1 Å². The van der Waals surface area contributed by atoms with Crippen molar-refractivity contribution < 1.29 is 9.59 Å². The number of amides is 2. The van der Waals surface area contributed by atoms with Crippen LogP contribution < -0.4 is 10.9 Å². The van der Waals surface area contributed by atoms with E-state index in [-0.39, 0.29) is 22.4 Å². The van der Waals surface area contributed by atoms with Crippen molar-refractivity contribution in [1.29, 1.82) is 0 Å². The highest BCUT2D eigenvalue weighted by Gasteiger charge is 2.68. The van der Waals surface area contributed by atoms with Gasteiger partial charge in [-0.3, -0.25) is 20.4 Å². The molecule has 6 nitrogen and oxygen atoms in total. The van der Waals surface area contributed by atoms with Crippen LogP contribution in [0, 0.1) is 5.41 Å². The standard InChI is InChI=1S/C23H18Cl4N4O2/c1-22(2)12-5-6-23(22,19-18(12)28-16-8-14(26)15(27)9-17(16)29-19)21(33)31-30-20(32)11-4-3-10(24)7-13(11)25/h3-4,7-9,12H,5-6H2,1-2H3,(H,30,32)(H,31,33). The first-order valence-corrected chi connectivity index (χ1v) is 11.8. The molecule has 2 atom stereocenters. The van der Waals surface area contributed by atoms with E-state index in [2.05, 4.69) is 10.9 Å². The maximum Gasteiger partial charge on any atom is 0.271 e. The van der Waals surface area contributed by atoms with E-state index in [1.54, 1.807) is 18.2 Å². The van der Waals surface area contributed by atoms with Crippen molar-refractivity contribution >= 4 is 69.3 Å². The molecule has 33 heavy (non-hydrogen) atoms. The van der Waals surface area contributed by atoms with Gasteiger partial charge in [-0.05, 0) is 48.6 Å². The molecule has 1 saturated carbocycles. The Bertz CT molecular complexity index is 1360. The van der Waals surface area contributed by atoms with Crippen LogP contribution in [0.5, 0.6) is 0 Å². The molecule has 0 aliphatic heterocycles. The number of nitrogens with one attached hydrogen (secondary N) is 2. The number of carbonyl (C=O) groups is 2. The highest BCUT2D eigenvalue weighted by molar-refractivity contribution is 6.42. The zero-order chi connectivity index (χ0) is 23.7. The van der Waals surface area contributed by atoms with E-state index in [4.69, 9.17) is 56.4 Å². The van der Waals surface area contributed by atoms with Gasteiger partial charge in [0.1, 0.15) is 5.41 Å². The molecule has 2 unspecified atom stereocenters. The van der Waals surface area contributed by atoms with Crippen molar-refractivity contribution in [1.82, 2.24) is 20.8 Å². The Labute approximate surface area is 209 Å². The lowest BCUT2D eigenvalue weighted by Gasteiger charge is -2.36. The Kier molecular flexibility index (Phi) is 5.29. The second-order valence-corrected chi connectivity index (χ2v) is 10.6. The second-order valence-electron chi connectivity index (χ2n) is 8.96. The predicted molar refractivity (Wildman–Crippen MR) is 129 cm³/mol. The summed E-state index contributed by atoms with van der Waals surface area (Å²) >= 11 is 24.4. The van der Waals surface area contributed by atoms with Gasteiger partial charge in [0.05, 0.1) is 43.1 Å². The molecule has 3 aromatic rings. The third-order valence-corrected chi connectivity index (χ3v) is 8.37. The fourth-order valence-electron chi connectivity index (χ4n) is 5.34. The van der Waals surface area contributed by atoms with Gasteiger partial charge in [0, 0.05) is 10.9 Å². The van der Waals surface area contributed by atoms with Gasteiger partial charge in [0.2, 0.25) is 0 Å². The summed E-state index contributed by atoms with van der Waals surface area (Å²) in [5.74, 6) is -0.843. The highest BCUT2D eigenvalue weighted by Crippen LogP contribution is 2.67. The zero-order valence-electron chi connectivity index (χ0n) is 17.6. The summed E-state index contributed by atoms with van der Waals surface area (Å²) in [6.45, 7) is 4.08. The predicted octanol–water partition coefficient (Wildman–Crippen LogP) is 5.86. The SMILES string of the molecule is CC1(C)C2CCC1(C(=O)NNC(=O)c1ccc(Cl)cc1Cl)c1nc3cc(Cl)c(Cl)cc3nc12. The first kappa shape index (κ1) is 22.7. The molecule has 0 spiro atoms. The lowest BCUT2D eigenvalue weighted by Crippen LogP contribution is -2.55. The average molecular weight is 524 g/mol. The number of nitrogens with zero attached hydrogens (tertiary/aromatic N) is 2. The third kappa shape index (κ3) is 3.22. The molecule has 1 aromatic heterocycles. The minimum atomic E-state index is -0.961. The quantitative estimate of drug-likeness (QED) is 0.412. The lowest BCUT2D eigenvalue weighted by molar-refractivity contribution is -0.130. The highest BCUT2D eigenvalue weighted by atomic mass is 35.5. The Hall–Kier alpha value is -2.12. The van der Waals surface area contributed by atoms with Crippen LogP contribution in [0.1, 0.15) is 54.4 Å². The summed E-state index contributed by atoms with van der Waals surface area (Å²) in [7, 11) is 0. The number of carbonyl (C=O) groups excluding carboxylic acids is 2. The van der Waals surface area contributed by atoms with Crippen LogP contribution >= 0.6 is 46.4 Å². The fourth-order valence-corrected chi connectivity index (χ4v) is 6.15. The van der Waals surface area contributed by atoms with Gasteiger partial charge in [-0.15, -0.1) is 0 Å². The topological polar surface area (TPSA) is 84.0 Å². The molecular weight excluding hydrogens is 506 g/mol. The zero-order valence-corrected chi connectivity index (χ0v) is 20.6. The van der Waals surface area contributed by atoms with Crippen molar-refractivity contribution in [3.05, 3.63) is 67.4 Å². The van der Waals surface area contributed by atoms with E-state index < -0.39 is 16.7 Å². The van der Waals surface area contributed by atoms with Gasteiger partial charge in [0.25, 0.3) is 11.8 Å². The molecule has 1 heterocycles. The monoisotopic (exact) mass is 522 g/mol. The van der Waals surface area contributed by atoms with Crippen LogP contribution in [-0.2, 0) is 10.2 Å². The minimum Gasteiger partial charge on any atom is -0.272 e. The average Bonchev–Trinajstić information content (AvgIpc) is 3.12. The van der Waals surface area contributed by atoms with E-state index in [1.165, 1.54) is 12.1 Å². The van der Waals surface area contributed by atoms with Crippen LogP contribution in [0.25, 0.3) is 11.0 Å². The molecule has 2 aromatic carbocycles. The van der Waals surface area contributed by atoms with E-state index >= 15 is 0 Å². The van der Waals surface area contributed by atoms with Crippen LogP contribution in [0.2, 0.25) is 20.1 Å². The Morgan fingerprint density at radius 2 is 1.61 bits per heavy atom. The van der Waals surface area contributed by atoms with Crippen LogP contribution in [0.4, 0.5) is 0 Å². The van der Waals surface area contributed by atoms with Crippen molar-refractivity contribution in [3.8, 4) is 0 Å². The number of rotatable bonds is 2. The molecule has 5 rings (SSSR count). The largest absolute Gasteiger partial charge is 0.272 e. The van der Waals surface area contributed by atoms with E-state index in [0.29, 0.717) is 38.2 Å². The number of hydrogen-bond donors (Lipinski definition) is 2. The first-order valence-electron chi connectivity index (χ1n) is 10.3. The summed E-state index contributed by atoms with van der Waals surface area (Å²) < 4.78 is 0. The Morgan fingerprint density at radius 1 is 0.939 bits per heavy atom. The van der Waals surface area contributed by atoms with Crippen LogP contribution in [0.15, 0.2) is 30.3 Å².